The van der Waals surface area contributed by atoms with Crippen LogP contribution in [0, 0.1) is 0 Å². The summed E-state index contributed by atoms with van der Waals surface area (Å²) in [7, 11) is 0. The number of nitrogens with two attached hydrogens (primary N) is 1. The predicted octanol–water partition coefficient (Wildman–Crippen LogP) is 3.66. The molecule has 0 fully saturated rings. The van der Waals surface area contributed by atoms with Gasteiger partial charge in [-0.1, -0.05) is 34.8 Å². The summed E-state index contributed by atoms with van der Waals surface area (Å²) in [5.74, 6) is -5.75. The first-order valence-electron chi connectivity index (χ1n) is 5.03. The van der Waals surface area contributed by atoms with Crippen LogP contribution in [0.25, 0.3) is 0 Å². The van der Waals surface area contributed by atoms with Gasteiger partial charge in [-0.3, -0.25) is 0 Å². The fraction of sp³-hybridized carbons (Fsp3) is 0.400. The standard InChI is InChI=1S/C10H9Cl3F2N2O2.ClH/c1-2-19-9(18)10(14,15)7(16)5-4(11)3-17-8(13)6(5)12;/h3,7H,2,16H2,1H3;1H/t7-;/m1./s1. The molecule has 0 bridgehead atoms. The largest absolute Gasteiger partial charge is 0.462 e. The van der Waals surface area contributed by atoms with Crippen LogP contribution in [-0.4, -0.2) is 23.5 Å². The van der Waals surface area contributed by atoms with Gasteiger partial charge in [0, 0.05) is 11.8 Å². The third kappa shape index (κ3) is 3.83. The molecule has 0 aliphatic heterocycles. The Morgan fingerprint density at radius 3 is 2.55 bits per heavy atom. The van der Waals surface area contributed by atoms with Crippen molar-refractivity contribution in [1.29, 1.82) is 0 Å². The van der Waals surface area contributed by atoms with E-state index in [0.717, 1.165) is 6.20 Å². The Balaban J connectivity index is 0.00000361. The molecule has 0 saturated carbocycles. The molecular formula is C10H10Cl4F2N2O2. The highest BCUT2D eigenvalue weighted by Gasteiger charge is 2.49. The van der Waals surface area contributed by atoms with Crippen LogP contribution in [0.4, 0.5) is 8.78 Å². The number of nitrogens with zero attached hydrogens (tertiary/aromatic N) is 1. The van der Waals surface area contributed by atoms with E-state index in [1.807, 2.05) is 0 Å². The summed E-state index contributed by atoms with van der Waals surface area (Å²) in [6.07, 6.45) is 1.02. The van der Waals surface area contributed by atoms with Gasteiger partial charge in [0.25, 0.3) is 0 Å². The molecule has 2 N–H and O–H groups in total. The van der Waals surface area contributed by atoms with Crippen molar-refractivity contribution in [3.05, 3.63) is 27.0 Å². The van der Waals surface area contributed by atoms with Crippen molar-refractivity contribution in [1.82, 2.24) is 4.98 Å². The van der Waals surface area contributed by atoms with E-state index < -0.39 is 17.9 Å². The number of halogens is 6. The molecule has 1 heterocycles. The van der Waals surface area contributed by atoms with Gasteiger partial charge in [0.1, 0.15) is 11.2 Å². The van der Waals surface area contributed by atoms with E-state index in [1.165, 1.54) is 6.92 Å². The smallest absolute Gasteiger partial charge is 0.379 e. The zero-order chi connectivity index (χ0) is 14.8. The van der Waals surface area contributed by atoms with Crippen LogP contribution in [0.3, 0.4) is 0 Å². The zero-order valence-electron chi connectivity index (χ0n) is 10.0. The van der Waals surface area contributed by atoms with Gasteiger partial charge in [0.2, 0.25) is 0 Å². The average molecular weight is 370 g/mol. The van der Waals surface area contributed by atoms with Crippen LogP contribution in [0.2, 0.25) is 15.2 Å². The summed E-state index contributed by atoms with van der Waals surface area (Å²) in [6.45, 7) is 1.18. The lowest BCUT2D eigenvalue weighted by Crippen LogP contribution is -2.42. The number of rotatable bonds is 4. The van der Waals surface area contributed by atoms with E-state index in [1.54, 1.807) is 0 Å². The number of carbonyl (C=O) groups excluding carboxylic acids is 1. The Kier molecular flexibility index (Phi) is 7.41. The highest BCUT2D eigenvalue weighted by atomic mass is 35.5. The van der Waals surface area contributed by atoms with Gasteiger partial charge in [0.15, 0.2) is 0 Å². The topological polar surface area (TPSA) is 65.2 Å². The van der Waals surface area contributed by atoms with Crippen LogP contribution in [0.5, 0.6) is 0 Å². The Hall–Kier alpha value is -0.400. The summed E-state index contributed by atoms with van der Waals surface area (Å²) in [5, 5.41) is -0.785. The third-order valence-corrected chi connectivity index (χ3v) is 3.28. The first-order chi connectivity index (χ1) is 8.73. The molecule has 1 rings (SSSR count). The van der Waals surface area contributed by atoms with Crippen LogP contribution < -0.4 is 5.73 Å². The molecule has 0 aromatic carbocycles. The lowest BCUT2D eigenvalue weighted by molar-refractivity contribution is -0.174. The minimum Gasteiger partial charge on any atom is -0.462 e. The third-order valence-electron chi connectivity index (χ3n) is 2.22. The summed E-state index contributed by atoms with van der Waals surface area (Å²) >= 11 is 17.1. The molecule has 0 saturated heterocycles. The number of alkyl halides is 2. The molecule has 0 aliphatic carbocycles. The molecule has 0 spiro atoms. The first-order valence-corrected chi connectivity index (χ1v) is 6.16. The minimum atomic E-state index is -3.99. The van der Waals surface area contributed by atoms with E-state index in [-0.39, 0.29) is 39.8 Å². The highest BCUT2D eigenvalue weighted by molar-refractivity contribution is 6.43. The van der Waals surface area contributed by atoms with Crippen molar-refractivity contribution in [2.24, 2.45) is 5.73 Å². The van der Waals surface area contributed by atoms with Crippen LogP contribution >= 0.6 is 47.2 Å². The molecular weight excluding hydrogens is 360 g/mol. The van der Waals surface area contributed by atoms with Crippen LogP contribution in [-0.2, 0) is 9.53 Å². The molecule has 1 atom stereocenters. The SMILES string of the molecule is CCOC(=O)C(F)(F)[C@H](N)c1c(Cl)cnc(Cl)c1Cl.Cl. The van der Waals surface area contributed by atoms with Gasteiger partial charge < -0.3 is 10.5 Å². The highest BCUT2D eigenvalue weighted by Crippen LogP contribution is 2.40. The zero-order valence-corrected chi connectivity index (χ0v) is 13.1. The Labute approximate surface area is 134 Å². The summed E-state index contributed by atoms with van der Waals surface area (Å²) in [5.41, 5.74) is 5.01. The summed E-state index contributed by atoms with van der Waals surface area (Å²) in [4.78, 5) is 14.8. The second-order valence-electron chi connectivity index (χ2n) is 3.45. The number of hydrogen-bond acceptors (Lipinski definition) is 4. The molecule has 20 heavy (non-hydrogen) atoms. The molecule has 0 aliphatic rings. The number of aromatic nitrogens is 1. The lowest BCUT2D eigenvalue weighted by atomic mass is 10.0. The number of carbonyl (C=O) groups is 1. The van der Waals surface area contributed by atoms with Crippen molar-refractivity contribution < 1.29 is 18.3 Å². The fourth-order valence-electron chi connectivity index (χ4n) is 1.28. The van der Waals surface area contributed by atoms with Crippen molar-refractivity contribution in [2.75, 3.05) is 6.61 Å². The second kappa shape index (κ2) is 7.56. The monoisotopic (exact) mass is 368 g/mol. The number of hydrogen-bond donors (Lipinski definition) is 1. The van der Waals surface area contributed by atoms with Crippen molar-refractivity contribution in [3.8, 4) is 0 Å². The van der Waals surface area contributed by atoms with Gasteiger partial charge in [-0.15, -0.1) is 12.4 Å². The minimum absolute atomic E-state index is 0. The van der Waals surface area contributed by atoms with Crippen LogP contribution in [0.1, 0.15) is 18.5 Å². The van der Waals surface area contributed by atoms with Gasteiger partial charge in [-0.05, 0) is 6.92 Å². The van der Waals surface area contributed by atoms with Gasteiger partial charge in [-0.25, -0.2) is 9.78 Å². The molecule has 1 aromatic heterocycles. The molecule has 10 heteroatoms. The maximum absolute atomic E-state index is 13.8. The number of esters is 1. The van der Waals surface area contributed by atoms with E-state index >= 15 is 0 Å². The van der Waals surface area contributed by atoms with Gasteiger partial charge >= 0.3 is 11.9 Å². The molecule has 1 aromatic rings. The molecule has 0 radical (unpaired) electrons. The van der Waals surface area contributed by atoms with E-state index in [0.29, 0.717) is 0 Å². The van der Waals surface area contributed by atoms with Gasteiger partial charge in [0.05, 0.1) is 16.7 Å². The summed E-state index contributed by atoms with van der Waals surface area (Å²) in [6, 6.07) is -2.09. The Bertz CT molecular complexity index is 502. The quantitative estimate of drug-likeness (QED) is 0.649. The summed E-state index contributed by atoms with van der Waals surface area (Å²) < 4.78 is 31.8. The second-order valence-corrected chi connectivity index (χ2v) is 4.59. The maximum atomic E-state index is 13.8. The number of ether oxygens (including phenoxy) is 1. The van der Waals surface area contributed by atoms with Crippen LogP contribution in [0.15, 0.2) is 6.20 Å². The van der Waals surface area contributed by atoms with E-state index in [4.69, 9.17) is 40.5 Å². The Morgan fingerprint density at radius 2 is 2.05 bits per heavy atom. The fourth-order valence-corrected chi connectivity index (χ4v) is 2.00. The van der Waals surface area contributed by atoms with E-state index in [9.17, 15) is 13.6 Å². The first kappa shape index (κ1) is 19.6. The van der Waals surface area contributed by atoms with Crippen molar-refractivity contribution in [2.45, 2.75) is 18.9 Å². The van der Waals surface area contributed by atoms with Crippen molar-refractivity contribution in [3.63, 3.8) is 0 Å². The predicted molar refractivity (Wildman–Crippen MR) is 75.0 cm³/mol. The van der Waals surface area contributed by atoms with Crippen molar-refractivity contribution >= 4 is 53.2 Å². The molecule has 114 valence electrons. The van der Waals surface area contributed by atoms with E-state index in [2.05, 4.69) is 9.72 Å². The average Bonchev–Trinajstić information content (AvgIpc) is 2.34. The lowest BCUT2D eigenvalue weighted by Gasteiger charge is -2.23. The Morgan fingerprint density at radius 1 is 1.50 bits per heavy atom. The molecule has 4 nitrogen and oxygen atoms in total. The van der Waals surface area contributed by atoms with Gasteiger partial charge in [-0.2, -0.15) is 8.78 Å². The molecule has 0 unspecified atom stereocenters. The normalized spacial score (nSPS) is 12.6. The maximum Gasteiger partial charge on any atom is 0.379 e. The number of pyridine rings is 1. The molecule has 0 amide bonds.